The Morgan fingerprint density at radius 1 is 0.914 bits per heavy atom. The Hall–Kier alpha value is -4.09. The Morgan fingerprint density at radius 2 is 1.69 bits per heavy atom. The zero-order valence-electron chi connectivity index (χ0n) is 19.0. The largest absolute Gasteiger partial charge is 0.457 e. The van der Waals surface area contributed by atoms with Gasteiger partial charge in [-0.3, -0.25) is 9.78 Å². The molecular weight excluding hydrogens is 458 g/mol. The van der Waals surface area contributed by atoms with Gasteiger partial charge >= 0.3 is 0 Å². The number of nitrogens with zero attached hydrogens (tertiary/aromatic N) is 1. The smallest absolute Gasteiger partial charge is 0.224 e. The van der Waals surface area contributed by atoms with E-state index in [1.54, 1.807) is 6.20 Å². The molecule has 0 aliphatic heterocycles. The zero-order chi connectivity index (χ0) is 24.0. The van der Waals surface area contributed by atoms with E-state index in [1.807, 2.05) is 91.0 Å². The molecule has 5 nitrogen and oxygen atoms in total. The third kappa shape index (κ3) is 5.53. The molecule has 5 aromatic rings. The fourth-order valence-electron chi connectivity index (χ4n) is 4.09. The van der Waals surface area contributed by atoms with Gasteiger partial charge in [0.25, 0.3) is 0 Å². The van der Waals surface area contributed by atoms with Gasteiger partial charge < -0.3 is 15.0 Å². The summed E-state index contributed by atoms with van der Waals surface area (Å²) in [7, 11) is 0. The summed E-state index contributed by atoms with van der Waals surface area (Å²) in [4.78, 5) is 20.6. The van der Waals surface area contributed by atoms with Crippen molar-refractivity contribution in [2.45, 2.75) is 19.3 Å². The topological polar surface area (TPSA) is 67.0 Å². The lowest BCUT2D eigenvalue weighted by Gasteiger charge is -2.09. The number of para-hydroxylation sites is 1. The van der Waals surface area contributed by atoms with Crippen LogP contribution >= 0.6 is 11.6 Å². The summed E-state index contributed by atoms with van der Waals surface area (Å²) in [6, 6.07) is 28.6. The second kappa shape index (κ2) is 10.5. The number of rotatable bonds is 8. The van der Waals surface area contributed by atoms with E-state index in [-0.39, 0.29) is 5.91 Å². The van der Waals surface area contributed by atoms with Gasteiger partial charge in [-0.05, 0) is 85.1 Å². The predicted molar refractivity (Wildman–Crippen MR) is 141 cm³/mol. The van der Waals surface area contributed by atoms with Crippen LogP contribution in [0.5, 0.6) is 11.5 Å². The van der Waals surface area contributed by atoms with Gasteiger partial charge in [-0.1, -0.05) is 35.9 Å². The van der Waals surface area contributed by atoms with Gasteiger partial charge in [-0.15, -0.1) is 0 Å². The molecule has 174 valence electrons. The average Bonchev–Trinajstić information content (AvgIpc) is 3.24. The monoisotopic (exact) mass is 481 g/mol. The first kappa shape index (κ1) is 22.7. The van der Waals surface area contributed by atoms with E-state index in [9.17, 15) is 4.79 Å². The SMILES string of the molecule is O=C(CCCc1c(-c2ccccn2)[nH]c2ccc(Cl)cc12)Nc1ccc(Oc2ccccc2)cc1. The molecule has 1 amide bonds. The van der Waals surface area contributed by atoms with Gasteiger partial charge in [-0.2, -0.15) is 0 Å². The molecule has 2 aromatic heterocycles. The first-order valence-electron chi connectivity index (χ1n) is 11.5. The van der Waals surface area contributed by atoms with Crippen molar-refractivity contribution in [3.05, 3.63) is 108 Å². The normalized spacial score (nSPS) is 10.9. The van der Waals surface area contributed by atoms with Crippen molar-refractivity contribution in [2.24, 2.45) is 0 Å². The van der Waals surface area contributed by atoms with Gasteiger partial charge in [0.15, 0.2) is 0 Å². The minimum Gasteiger partial charge on any atom is -0.457 e. The summed E-state index contributed by atoms with van der Waals surface area (Å²) in [6.45, 7) is 0. The van der Waals surface area contributed by atoms with Gasteiger partial charge in [0.05, 0.1) is 11.4 Å². The van der Waals surface area contributed by atoms with Crippen LogP contribution in [0.2, 0.25) is 5.02 Å². The summed E-state index contributed by atoms with van der Waals surface area (Å²) < 4.78 is 5.81. The molecule has 0 bridgehead atoms. The van der Waals surface area contributed by atoms with Gasteiger partial charge in [0.1, 0.15) is 11.5 Å². The van der Waals surface area contributed by atoms with E-state index < -0.39 is 0 Å². The summed E-state index contributed by atoms with van der Waals surface area (Å²) in [5, 5.41) is 4.72. The van der Waals surface area contributed by atoms with E-state index in [4.69, 9.17) is 16.3 Å². The maximum Gasteiger partial charge on any atom is 0.224 e. The molecule has 3 aromatic carbocycles. The molecule has 0 aliphatic rings. The number of carbonyl (C=O) groups is 1. The molecule has 0 radical (unpaired) electrons. The summed E-state index contributed by atoms with van der Waals surface area (Å²) in [5.41, 5.74) is 4.71. The number of halogens is 1. The molecule has 2 N–H and O–H groups in total. The van der Waals surface area contributed by atoms with Gasteiger partial charge in [0.2, 0.25) is 5.91 Å². The summed E-state index contributed by atoms with van der Waals surface area (Å²) in [6.07, 6.45) is 3.60. The molecule has 35 heavy (non-hydrogen) atoms. The first-order chi connectivity index (χ1) is 17.2. The molecule has 0 unspecified atom stereocenters. The molecular formula is C29H24ClN3O2. The molecule has 5 rings (SSSR count). The second-order valence-electron chi connectivity index (χ2n) is 8.22. The highest BCUT2D eigenvalue weighted by Gasteiger charge is 2.15. The van der Waals surface area contributed by atoms with Crippen LogP contribution in [-0.2, 0) is 11.2 Å². The lowest BCUT2D eigenvalue weighted by atomic mass is 10.0. The van der Waals surface area contributed by atoms with E-state index in [2.05, 4.69) is 15.3 Å². The zero-order valence-corrected chi connectivity index (χ0v) is 19.8. The molecule has 0 saturated carbocycles. The number of aryl methyl sites for hydroxylation is 1. The number of pyridine rings is 1. The Labute approximate surface area is 208 Å². The fourth-order valence-corrected chi connectivity index (χ4v) is 4.26. The molecule has 6 heteroatoms. The van der Waals surface area contributed by atoms with Gasteiger partial charge in [-0.25, -0.2) is 0 Å². The number of H-pyrrole nitrogens is 1. The standard InChI is InChI=1S/C29H24ClN3O2/c30-20-12-17-26-25(19-20)24(29(33-26)27-10-4-5-18-31-27)9-6-11-28(34)32-21-13-15-23(16-14-21)35-22-7-2-1-3-8-22/h1-5,7-8,10,12-19,33H,6,9,11H2,(H,32,34). The van der Waals surface area contributed by atoms with Crippen molar-refractivity contribution in [3.63, 3.8) is 0 Å². The highest BCUT2D eigenvalue weighted by atomic mass is 35.5. The van der Waals surface area contributed by atoms with E-state index in [1.165, 1.54) is 0 Å². The van der Waals surface area contributed by atoms with E-state index in [0.717, 1.165) is 45.7 Å². The average molecular weight is 482 g/mol. The van der Waals surface area contributed by atoms with Crippen LogP contribution in [0.25, 0.3) is 22.3 Å². The number of amides is 1. The number of benzene rings is 3. The molecule has 0 saturated heterocycles. The van der Waals surface area contributed by atoms with Crippen LogP contribution in [0.3, 0.4) is 0 Å². The van der Waals surface area contributed by atoms with Crippen LogP contribution in [0.15, 0.2) is 97.2 Å². The van der Waals surface area contributed by atoms with Crippen LogP contribution in [0.4, 0.5) is 5.69 Å². The lowest BCUT2D eigenvalue weighted by Crippen LogP contribution is -2.11. The number of hydrogen-bond donors (Lipinski definition) is 2. The number of nitrogens with one attached hydrogen (secondary N) is 2. The number of aromatic nitrogens is 2. The Morgan fingerprint density at radius 3 is 2.46 bits per heavy atom. The van der Waals surface area contributed by atoms with Crippen molar-refractivity contribution in [2.75, 3.05) is 5.32 Å². The predicted octanol–water partition coefficient (Wildman–Crippen LogP) is 7.64. The minimum atomic E-state index is -0.0287. The number of carbonyl (C=O) groups excluding carboxylic acids is 1. The Kier molecular flexibility index (Phi) is 6.77. The van der Waals surface area contributed by atoms with Gasteiger partial charge in [0, 0.05) is 34.2 Å². The number of anilines is 1. The van der Waals surface area contributed by atoms with Crippen molar-refractivity contribution >= 4 is 34.1 Å². The maximum absolute atomic E-state index is 12.6. The molecule has 0 spiro atoms. The van der Waals surface area contributed by atoms with Crippen LogP contribution < -0.4 is 10.1 Å². The lowest BCUT2D eigenvalue weighted by molar-refractivity contribution is -0.116. The van der Waals surface area contributed by atoms with Crippen molar-refractivity contribution in [1.82, 2.24) is 9.97 Å². The highest BCUT2D eigenvalue weighted by Crippen LogP contribution is 2.32. The molecule has 0 fully saturated rings. The van der Waals surface area contributed by atoms with Crippen molar-refractivity contribution in [3.8, 4) is 22.9 Å². The van der Waals surface area contributed by atoms with Crippen molar-refractivity contribution in [1.29, 1.82) is 0 Å². The minimum absolute atomic E-state index is 0.0287. The number of ether oxygens (including phenoxy) is 1. The summed E-state index contributed by atoms with van der Waals surface area (Å²) in [5.74, 6) is 1.46. The molecule has 2 heterocycles. The second-order valence-corrected chi connectivity index (χ2v) is 8.66. The quantitative estimate of drug-likeness (QED) is 0.239. The van der Waals surface area contributed by atoms with E-state index >= 15 is 0 Å². The fraction of sp³-hybridized carbons (Fsp3) is 0.103. The van der Waals surface area contributed by atoms with Crippen LogP contribution in [-0.4, -0.2) is 15.9 Å². The third-order valence-electron chi connectivity index (χ3n) is 5.74. The Balaban J connectivity index is 1.22. The molecule has 0 aliphatic carbocycles. The van der Waals surface area contributed by atoms with Crippen LogP contribution in [0, 0.1) is 0 Å². The highest BCUT2D eigenvalue weighted by molar-refractivity contribution is 6.31. The number of fused-ring (bicyclic) bond motifs is 1. The van der Waals surface area contributed by atoms with Crippen LogP contribution in [0.1, 0.15) is 18.4 Å². The van der Waals surface area contributed by atoms with E-state index in [0.29, 0.717) is 23.6 Å². The third-order valence-corrected chi connectivity index (χ3v) is 5.97. The summed E-state index contributed by atoms with van der Waals surface area (Å²) >= 11 is 6.27. The number of aromatic amines is 1. The Bertz CT molecular complexity index is 1430. The molecule has 0 atom stereocenters. The number of hydrogen-bond acceptors (Lipinski definition) is 3. The first-order valence-corrected chi connectivity index (χ1v) is 11.9. The maximum atomic E-state index is 12.6. The van der Waals surface area contributed by atoms with Crippen molar-refractivity contribution < 1.29 is 9.53 Å².